The minimum Gasteiger partial charge on any atom is -0.462 e. The minimum absolute atomic E-state index is 0.0788. The van der Waals surface area contributed by atoms with Gasteiger partial charge in [0.25, 0.3) is 5.72 Å². The molecule has 2 heterocycles. The van der Waals surface area contributed by atoms with E-state index < -0.39 is 42.3 Å². The lowest BCUT2D eigenvalue weighted by Gasteiger charge is -2.31. The van der Waals surface area contributed by atoms with E-state index in [0.29, 0.717) is 0 Å². The van der Waals surface area contributed by atoms with Crippen LogP contribution in [0, 0.1) is 5.92 Å². The Morgan fingerprint density at radius 3 is 2.54 bits per heavy atom. The highest BCUT2D eigenvalue weighted by molar-refractivity contribution is 5.78. The van der Waals surface area contributed by atoms with Gasteiger partial charge in [-0.2, -0.15) is 4.98 Å². The summed E-state index contributed by atoms with van der Waals surface area (Å²) in [6, 6.07) is 1.25. The molecule has 10 heteroatoms. The van der Waals surface area contributed by atoms with Gasteiger partial charge in [-0.25, -0.2) is 9.59 Å². The fraction of sp³-hybridized carbons (Fsp3) is 0.722. The molecule has 2 rings (SSSR count). The Kier molecular flexibility index (Phi) is 7.53. The third kappa shape index (κ3) is 4.19. The first-order chi connectivity index (χ1) is 13.3. The highest BCUT2D eigenvalue weighted by Gasteiger charge is 2.62. The Morgan fingerprint density at radius 1 is 1.39 bits per heavy atom. The van der Waals surface area contributed by atoms with Crippen molar-refractivity contribution in [3.05, 3.63) is 22.7 Å². The van der Waals surface area contributed by atoms with E-state index in [4.69, 9.17) is 15.2 Å². The molecule has 10 nitrogen and oxygen atoms in total. The van der Waals surface area contributed by atoms with E-state index in [1.54, 1.807) is 0 Å². The Balaban J connectivity index is 2.39. The number of nitrogen functional groups attached to an aromatic ring is 1. The first-order valence-corrected chi connectivity index (χ1v) is 9.49. The normalized spacial score (nSPS) is 27.3. The second kappa shape index (κ2) is 9.46. The molecule has 0 aliphatic carbocycles. The number of aliphatic hydroxyl groups excluding tert-OH is 3. The lowest BCUT2D eigenvalue weighted by Crippen LogP contribution is -2.56. The van der Waals surface area contributed by atoms with Crippen molar-refractivity contribution in [3.8, 4) is 0 Å². The fourth-order valence-electron chi connectivity index (χ4n) is 3.51. The van der Waals surface area contributed by atoms with Gasteiger partial charge in [-0.15, -0.1) is 0 Å². The van der Waals surface area contributed by atoms with Gasteiger partial charge in [-0.1, -0.05) is 26.7 Å². The Labute approximate surface area is 162 Å². The topological polar surface area (TPSA) is 157 Å². The van der Waals surface area contributed by atoms with Gasteiger partial charge in [0.05, 0.1) is 13.2 Å². The van der Waals surface area contributed by atoms with Crippen molar-refractivity contribution < 1.29 is 29.6 Å². The predicted molar refractivity (Wildman–Crippen MR) is 99.1 cm³/mol. The Morgan fingerprint density at radius 2 is 2.04 bits per heavy atom. The molecule has 0 aromatic carbocycles. The third-order valence-corrected chi connectivity index (χ3v) is 4.94. The molecule has 0 radical (unpaired) electrons. The summed E-state index contributed by atoms with van der Waals surface area (Å²) in [4.78, 5) is 28.9. The van der Waals surface area contributed by atoms with E-state index in [0.717, 1.165) is 36.4 Å². The summed E-state index contributed by atoms with van der Waals surface area (Å²) in [5.74, 6) is -1.00. The van der Waals surface area contributed by atoms with Crippen molar-refractivity contribution >= 4 is 11.8 Å². The first kappa shape index (κ1) is 22.3. The van der Waals surface area contributed by atoms with Crippen LogP contribution in [-0.4, -0.2) is 62.4 Å². The number of aromatic nitrogens is 2. The standard InChI is InChI=1S/C18H29N3O7/c1-3-5-11(6-4-2)10-27-16(25)18(15(24)14(23)12(9-22)28-18)21-8-7-13(19)20-17(21)26/h7-8,11-12,14-15,22-24H,3-6,9-10H2,1-2H3,(H2,19,20,26)/t12-,14-,15-,18+/m1/s1. The molecule has 0 saturated carbocycles. The van der Waals surface area contributed by atoms with Crippen molar-refractivity contribution in [1.29, 1.82) is 0 Å². The molecule has 1 saturated heterocycles. The lowest BCUT2D eigenvalue weighted by molar-refractivity contribution is -0.203. The van der Waals surface area contributed by atoms with Gasteiger partial charge in [0.2, 0.25) is 0 Å². The van der Waals surface area contributed by atoms with Crippen LogP contribution in [0.5, 0.6) is 0 Å². The molecule has 5 N–H and O–H groups in total. The highest BCUT2D eigenvalue weighted by atomic mass is 16.6. The van der Waals surface area contributed by atoms with Crippen LogP contribution in [0.2, 0.25) is 0 Å². The molecular weight excluding hydrogens is 370 g/mol. The number of hydrogen-bond acceptors (Lipinski definition) is 9. The van der Waals surface area contributed by atoms with Crippen molar-refractivity contribution in [2.45, 2.75) is 63.6 Å². The Bertz CT molecular complexity index is 719. The summed E-state index contributed by atoms with van der Waals surface area (Å²) in [5, 5.41) is 30.2. The number of carbonyl (C=O) groups excluding carboxylic acids is 1. The van der Waals surface area contributed by atoms with Gasteiger partial charge in [0.1, 0.15) is 24.1 Å². The maximum Gasteiger partial charge on any atom is 0.363 e. The van der Waals surface area contributed by atoms with Gasteiger partial charge < -0.3 is 30.5 Å². The average Bonchev–Trinajstić information content (AvgIpc) is 2.92. The van der Waals surface area contributed by atoms with Crippen molar-refractivity contribution in [1.82, 2.24) is 9.55 Å². The van der Waals surface area contributed by atoms with E-state index in [2.05, 4.69) is 4.98 Å². The van der Waals surface area contributed by atoms with Gasteiger partial charge in [-0.3, -0.25) is 4.57 Å². The first-order valence-electron chi connectivity index (χ1n) is 9.49. The number of anilines is 1. The molecule has 1 aliphatic heterocycles. The maximum absolute atomic E-state index is 13.0. The molecule has 1 aliphatic rings. The van der Waals surface area contributed by atoms with E-state index in [1.165, 1.54) is 6.07 Å². The van der Waals surface area contributed by atoms with E-state index in [-0.39, 0.29) is 18.3 Å². The van der Waals surface area contributed by atoms with Crippen LogP contribution < -0.4 is 11.4 Å². The molecule has 4 atom stereocenters. The summed E-state index contributed by atoms with van der Waals surface area (Å²) in [7, 11) is 0. The molecule has 0 amide bonds. The van der Waals surface area contributed by atoms with Crippen molar-refractivity contribution in [2.24, 2.45) is 5.92 Å². The molecule has 158 valence electrons. The van der Waals surface area contributed by atoms with Crippen LogP contribution in [0.15, 0.2) is 17.1 Å². The van der Waals surface area contributed by atoms with E-state index >= 15 is 0 Å². The number of hydrogen-bond donors (Lipinski definition) is 4. The van der Waals surface area contributed by atoms with Crippen molar-refractivity contribution in [3.63, 3.8) is 0 Å². The molecule has 1 aromatic heterocycles. The van der Waals surface area contributed by atoms with Crippen LogP contribution in [-0.2, 0) is 20.0 Å². The zero-order valence-electron chi connectivity index (χ0n) is 16.2. The van der Waals surface area contributed by atoms with Crippen LogP contribution >= 0.6 is 0 Å². The molecule has 1 fully saturated rings. The monoisotopic (exact) mass is 399 g/mol. The van der Waals surface area contributed by atoms with Crippen molar-refractivity contribution in [2.75, 3.05) is 18.9 Å². The summed E-state index contributed by atoms with van der Waals surface area (Å²) < 4.78 is 11.7. The molecule has 0 bridgehead atoms. The van der Waals surface area contributed by atoms with Gasteiger partial charge in [-0.05, 0) is 24.8 Å². The number of ether oxygens (including phenoxy) is 2. The lowest BCUT2D eigenvalue weighted by atomic mass is 9.99. The smallest absolute Gasteiger partial charge is 0.363 e. The van der Waals surface area contributed by atoms with Crippen LogP contribution in [0.4, 0.5) is 5.82 Å². The van der Waals surface area contributed by atoms with Gasteiger partial charge >= 0.3 is 11.7 Å². The van der Waals surface area contributed by atoms with Gasteiger partial charge in [0.15, 0.2) is 0 Å². The van der Waals surface area contributed by atoms with Crippen LogP contribution in [0.25, 0.3) is 0 Å². The largest absolute Gasteiger partial charge is 0.462 e. The average molecular weight is 399 g/mol. The van der Waals surface area contributed by atoms with E-state index in [1.807, 2.05) is 13.8 Å². The molecule has 0 spiro atoms. The number of rotatable bonds is 9. The molecule has 0 unspecified atom stereocenters. The molecule has 1 aromatic rings. The van der Waals surface area contributed by atoms with E-state index in [9.17, 15) is 24.9 Å². The molecular formula is C18H29N3O7. The number of nitrogens with zero attached hydrogens (tertiary/aromatic N) is 2. The summed E-state index contributed by atoms with van der Waals surface area (Å²) in [5.41, 5.74) is 2.17. The maximum atomic E-state index is 13.0. The fourth-order valence-corrected chi connectivity index (χ4v) is 3.51. The highest BCUT2D eigenvalue weighted by Crippen LogP contribution is 2.36. The van der Waals surface area contributed by atoms with Gasteiger partial charge in [0, 0.05) is 6.20 Å². The molecule has 28 heavy (non-hydrogen) atoms. The zero-order chi connectivity index (χ0) is 20.9. The number of nitrogens with two attached hydrogens (primary N) is 1. The third-order valence-electron chi connectivity index (χ3n) is 4.94. The summed E-state index contributed by atoms with van der Waals surface area (Å²) in [6.07, 6.45) is -0.0738. The van der Waals surface area contributed by atoms with Crippen LogP contribution in [0.3, 0.4) is 0 Å². The summed E-state index contributed by atoms with van der Waals surface area (Å²) >= 11 is 0. The second-order valence-electron chi connectivity index (χ2n) is 7.02. The number of carbonyl (C=O) groups is 1. The second-order valence-corrected chi connectivity index (χ2v) is 7.02. The van der Waals surface area contributed by atoms with Crippen LogP contribution in [0.1, 0.15) is 39.5 Å². The minimum atomic E-state index is -2.37. The zero-order valence-corrected chi connectivity index (χ0v) is 16.2. The summed E-state index contributed by atoms with van der Waals surface area (Å²) in [6.45, 7) is 3.46. The Hall–Kier alpha value is -2.01. The number of aliphatic hydroxyl groups is 3. The predicted octanol–water partition coefficient (Wildman–Crippen LogP) is -0.649. The SMILES string of the molecule is CCCC(CCC)COC(=O)[C@@]1(n2ccc(N)nc2=O)O[C@H](CO)[C@@H](O)[C@H]1O. The number of esters is 1. The quantitative estimate of drug-likeness (QED) is 0.396.